The van der Waals surface area contributed by atoms with Crippen LogP contribution >= 0.6 is 35.8 Å². The maximum Gasteiger partial charge on any atom is 0.302 e. The smallest absolute Gasteiger partial charge is 0.302 e. The van der Waals surface area contributed by atoms with Gasteiger partial charge in [-0.2, -0.15) is 0 Å². The lowest BCUT2D eigenvalue weighted by atomic mass is 10.4. The first-order valence-electron chi connectivity index (χ1n) is 4.73. The third-order valence-electron chi connectivity index (χ3n) is 1.50. The van der Waals surface area contributed by atoms with Crippen molar-refractivity contribution in [3.8, 4) is 0 Å². The summed E-state index contributed by atoms with van der Waals surface area (Å²) >= 11 is 7.59. The molecule has 0 aliphatic heterocycles. The molecular weight excluding hydrogens is 281 g/mol. The Morgan fingerprint density at radius 3 is 2.41 bits per heavy atom. The zero-order chi connectivity index (χ0) is 12.4. The van der Waals surface area contributed by atoms with Crippen LogP contribution in [0.15, 0.2) is 29.2 Å². The number of carbonyl (C=O) groups is 1. The van der Waals surface area contributed by atoms with E-state index in [1.807, 2.05) is 24.3 Å². The fraction of sp³-hybridized carbons (Fsp3) is 0.364. The monoisotopic (exact) mass is 297 g/mol. The third-order valence-corrected chi connectivity index (χ3v) is 3.05. The van der Waals surface area contributed by atoms with Crippen molar-refractivity contribution in [2.45, 2.75) is 11.8 Å². The first-order chi connectivity index (χ1) is 7.61. The van der Waals surface area contributed by atoms with Crippen molar-refractivity contribution < 1.29 is 9.53 Å². The number of ether oxygens (including phenoxy) is 1. The summed E-state index contributed by atoms with van der Waals surface area (Å²) < 4.78 is 4.11. The van der Waals surface area contributed by atoms with Crippen LogP contribution in [0.1, 0.15) is 6.92 Å². The van der Waals surface area contributed by atoms with Crippen LogP contribution in [-0.2, 0) is 9.53 Å². The molecule has 1 rings (SSSR count). The van der Waals surface area contributed by atoms with Gasteiger partial charge in [0, 0.05) is 24.1 Å². The zero-order valence-corrected chi connectivity index (χ0v) is 12.2. The van der Waals surface area contributed by atoms with Crippen LogP contribution in [0.2, 0.25) is 5.02 Å². The zero-order valence-electron chi connectivity index (χ0n) is 9.81. The minimum Gasteiger partial charge on any atom is -0.469 e. The molecule has 0 atom stereocenters. The standard InChI is InChI=1S/C8H10ClNS.C3H6O2.ClH/c9-7-3-1-2-4-8(7)11-6-5-10;1-3(4)5-2;/h1-4H,5-6,10H2;1-2H3;1H. The second kappa shape index (κ2) is 12.0. The Labute approximate surface area is 117 Å². The molecule has 0 bridgehead atoms. The molecule has 0 unspecified atom stereocenters. The van der Waals surface area contributed by atoms with Gasteiger partial charge in [-0.3, -0.25) is 4.79 Å². The summed E-state index contributed by atoms with van der Waals surface area (Å²) in [6.07, 6.45) is 0. The second-order valence-electron chi connectivity index (χ2n) is 2.76. The van der Waals surface area contributed by atoms with E-state index in [4.69, 9.17) is 17.3 Å². The molecule has 1 aromatic rings. The van der Waals surface area contributed by atoms with E-state index in [1.54, 1.807) is 11.8 Å². The van der Waals surface area contributed by atoms with E-state index in [9.17, 15) is 4.79 Å². The summed E-state index contributed by atoms with van der Waals surface area (Å²) in [5.41, 5.74) is 5.36. The fourth-order valence-corrected chi connectivity index (χ4v) is 1.75. The summed E-state index contributed by atoms with van der Waals surface area (Å²) in [5, 5.41) is 0.811. The van der Waals surface area contributed by atoms with Crippen LogP contribution in [0.5, 0.6) is 0 Å². The Kier molecular flexibility index (Phi) is 13.4. The van der Waals surface area contributed by atoms with Gasteiger partial charge in [0.1, 0.15) is 0 Å². The maximum atomic E-state index is 9.59. The number of hydrogen-bond acceptors (Lipinski definition) is 4. The lowest BCUT2D eigenvalue weighted by molar-refractivity contribution is -0.137. The number of esters is 1. The van der Waals surface area contributed by atoms with Crippen LogP contribution in [0.4, 0.5) is 0 Å². The van der Waals surface area contributed by atoms with Crippen LogP contribution in [0, 0.1) is 0 Å². The van der Waals surface area contributed by atoms with E-state index in [1.165, 1.54) is 14.0 Å². The first-order valence-corrected chi connectivity index (χ1v) is 6.10. The lowest BCUT2D eigenvalue weighted by Crippen LogP contribution is -2.00. The molecule has 0 aliphatic rings. The van der Waals surface area contributed by atoms with E-state index >= 15 is 0 Å². The van der Waals surface area contributed by atoms with Gasteiger partial charge in [0.25, 0.3) is 0 Å². The van der Waals surface area contributed by atoms with Crippen LogP contribution in [-0.4, -0.2) is 25.4 Å². The van der Waals surface area contributed by atoms with Crippen molar-refractivity contribution in [2.75, 3.05) is 19.4 Å². The summed E-state index contributed by atoms with van der Waals surface area (Å²) in [4.78, 5) is 10.7. The van der Waals surface area contributed by atoms with Crippen LogP contribution in [0.25, 0.3) is 0 Å². The minimum absolute atomic E-state index is 0. The Morgan fingerprint density at radius 1 is 1.47 bits per heavy atom. The van der Waals surface area contributed by atoms with Crippen molar-refractivity contribution in [1.29, 1.82) is 0 Å². The molecular formula is C11H17Cl2NO2S. The average Bonchev–Trinajstić information content (AvgIpc) is 2.29. The first kappa shape index (κ1) is 18.9. The normalized spacial score (nSPS) is 8.47. The molecule has 6 heteroatoms. The SMILES string of the molecule is COC(C)=O.Cl.NCCSc1ccccc1Cl. The molecule has 0 saturated carbocycles. The van der Waals surface area contributed by atoms with E-state index in [-0.39, 0.29) is 18.4 Å². The van der Waals surface area contributed by atoms with E-state index < -0.39 is 0 Å². The Bertz CT molecular complexity index is 324. The van der Waals surface area contributed by atoms with E-state index in [0.717, 1.165) is 15.7 Å². The van der Waals surface area contributed by atoms with Crippen molar-refractivity contribution in [3.63, 3.8) is 0 Å². The predicted molar refractivity (Wildman–Crippen MR) is 76.2 cm³/mol. The highest BCUT2D eigenvalue weighted by atomic mass is 35.5. The largest absolute Gasteiger partial charge is 0.469 e. The number of rotatable bonds is 3. The molecule has 2 N–H and O–H groups in total. The third kappa shape index (κ3) is 10.5. The number of carbonyl (C=O) groups excluding carboxylic acids is 1. The van der Waals surface area contributed by atoms with Gasteiger partial charge in [-0.15, -0.1) is 24.2 Å². The number of benzene rings is 1. The maximum absolute atomic E-state index is 9.59. The molecule has 0 spiro atoms. The van der Waals surface area contributed by atoms with Crippen LogP contribution in [0.3, 0.4) is 0 Å². The highest BCUT2D eigenvalue weighted by molar-refractivity contribution is 7.99. The van der Waals surface area contributed by atoms with Crippen LogP contribution < -0.4 is 5.73 Å². The van der Waals surface area contributed by atoms with Crippen molar-refractivity contribution in [2.24, 2.45) is 5.73 Å². The summed E-state index contributed by atoms with van der Waals surface area (Å²) in [6, 6.07) is 7.79. The van der Waals surface area contributed by atoms with E-state index in [0.29, 0.717) is 6.54 Å². The van der Waals surface area contributed by atoms with Crippen molar-refractivity contribution in [3.05, 3.63) is 29.3 Å². The van der Waals surface area contributed by atoms with Crippen molar-refractivity contribution >= 4 is 41.7 Å². The molecule has 0 saturated heterocycles. The Balaban J connectivity index is 0. The van der Waals surface area contributed by atoms with Gasteiger partial charge >= 0.3 is 5.97 Å². The summed E-state index contributed by atoms with van der Waals surface area (Å²) in [5.74, 6) is 0.675. The van der Waals surface area contributed by atoms with Gasteiger partial charge < -0.3 is 10.5 Å². The molecule has 0 aliphatic carbocycles. The summed E-state index contributed by atoms with van der Waals surface area (Å²) in [6.45, 7) is 2.05. The fourth-order valence-electron chi connectivity index (χ4n) is 0.731. The molecule has 0 aromatic heterocycles. The van der Waals surface area contributed by atoms with Gasteiger partial charge in [0.05, 0.1) is 12.1 Å². The van der Waals surface area contributed by atoms with Gasteiger partial charge in [0.2, 0.25) is 0 Å². The van der Waals surface area contributed by atoms with E-state index in [2.05, 4.69) is 4.74 Å². The number of nitrogens with two attached hydrogens (primary N) is 1. The molecule has 17 heavy (non-hydrogen) atoms. The Hall–Kier alpha value is -0.420. The van der Waals surface area contributed by atoms with Crippen molar-refractivity contribution in [1.82, 2.24) is 0 Å². The average molecular weight is 298 g/mol. The molecule has 3 nitrogen and oxygen atoms in total. The number of thioether (sulfide) groups is 1. The number of methoxy groups -OCH3 is 1. The molecule has 0 amide bonds. The Morgan fingerprint density at radius 2 is 2.00 bits per heavy atom. The van der Waals surface area contributed by atoms with Gasteiger partial charge in [-0.05, 0) is 12.1 Å². The summed E-state index contributed by atoms with van der Waals surface area (Å²) in [7, 11) is 1.35. The highest BCUT2D eigenvalue weighted by Crippen LogP contribution is 2.25. The van der Waals surface area contributed by atoms with Gasteiger partial charge in [0.15, 0.2) is 0 Å². The molecule has 0 radical (unpaired) electrons. The quantitative estimate of drug-likeness (QED) is 0.688. The lowest BCUT2D eigenvalue weighted by Gasteiger charge is -2.00. The molecule has 0 fully saturated rings. The second-order valence-corrected chi connectivity index (χ2v) is 4.31. The molecule has 98 valence electrons. The van der Waals surface area contributed by atoms with Gasteiger partial charge in [-0.25, -0.2) is 0 Å². The highest BCUT2D eigenvalue weighted by Gasteiger charge is 1.96. The molecule has 0 heterocycles. The number of hydrogen-bond donors (Lipinski definition) is 1. The molecule has 1 aromatic carbocycles. The minimum atomic E-state index is -0.245. The predicted octanol–water partition coefficient (Wildman–Crippen LogP) is 2.99. The number of halogens is 2. The van der Waals surface area contributed by atoms with Gasteiger partial charge in [-0.1, -0.05) is 23.7 Å². The topological polar surface area (TPSA) is 52.3 Å².